The first-order chi connectivity index (χ1) is 12.6. The van der Waals surface area contributed by atoms with Gasteiger partial charge in [-0.25, -0.2) is 0 Å². The zero-order valence-corrected chi connectivity index (χ0v) is 15.3. The smallest absolute Gasteiger partial charge is 0.265 e. The Balaban J connectivity index is 1.76. The highest BCUT2D eigenvalue weighted by atomic mass is 32.1. The van der Waals surface area contributed by atoms with E-state index in [2.05, 4.69) is 21.5 Å². The number of nitrogens with one attached hydrogen (secondary N) is 1. The molecule has 4 rings (SSSR count). The van der Waals surface area contributed by atoms with Crippen molar-refractivity contribution in [2.24, 2.45) is 5.18 Å². The maximum Gasteiger partial charge on any atom is 0.265 e. The van der Waals surface area contributed by atoms with Gasteiger partial charge in [0.2, 0.25) is 0 Å². The van der Waals surface area contributed by atoms with Crippen LogP contribution in [0.1, 0.15) is 33.3 Å². The summed E-state index contributed by atoms with van der Waals surface area (Å²) >= 11 is 1.44. The molecule has 1 aromatic carbocycles. The van der Waals surface area contributed by atoms with E-state index in [-0.39, 0.29) is 11.9 Å². The number of fused-ring (bicyclic) bond motifs is 2. The second kappa shape index (κ2) is 6.49. The van der Waals surface area contributed by atoms with Gasteiger partial charge < -0.3 is 10.2 Å². The van der Waals surface area contributed by atoms with Gasteiger partial charge >= 0.3 is 0 Å². The predicted octanol–water partition coefficient (Wildman–Crippen LogP) is 4.50. The maximum atomic E-state index is 12.6. The van der Waals surface area contributed by atoms with E-state index in [0.29, 0.717) is 4.88 Å². The number of nitrogens with zero attached hydrogens (tertiary/aromatic N) is 3. The molecule has 1 amide bonds. The van der Waals surface area contributed by atoms with Gasteiger partial charge in [0.05, 0.1) is 10.4 Å². The molecule has 1 N–H and O–H groups in total. The maximum absolute atomic E-state index is 12.6. The Morgan fingerprint density at radius 3 is 2.96 bits per heavy atom. The van der Waals surface area contributed by atoms with Crippen LogP contribution in [0.3, 0.4) is 0 Å². The number of carbonyl (C=O) groups is 1. The third kappa shape index (κ3) is 2.74. The molecular weight excluding hydrogens is 348 g/mol. The first kappa shape index (κ1) is 16.7. The lowest BCUT2D eigenvalue weighted by atomic mass is 10.1. The Hall–Kier alpha value is -2.80. The van der Waals surface area contributed by atoms with Crippen LogP contribution in [0.2, 0.25) is 0 Å². The van der Waals surface area contributed by atoms with Crippen LogP contribution in [0.4, 0.5) is 11.4 Å². The molecule has 7 heteroatoms. The van der Waals surface area contributed by atoms with Gasteiger partial charge in [0.15, 0.2) is 0 Å². The highest BCUT2D eigenvalue weighted by Gasteiger charge is 2.24. The number of amides is 1. The molecule has 1 aliphatic carbocycles. The van der Waals surface area contributed by atoms with Gasteiger partial charge in [0.1, 0.15) is 10.9 Å². The lowest BCUT2D eigenvalue weighted by molar-refractivity contribution is 0.0833. The van der Waals surface area contributed by atoms with Crippen molar-refractivity contribution in [2.45, 2.75) is 18.9 Å². The zero-order chi connectivity index (χ0) is 18.3. The highest BCUT2D eigenvalue weighted by Crippen LogP contribution is 2.40. The van der Waals surface area contributed by atoms with Crippen molar-refractivity contribution < 1.29 is 4.79 Å². The van der Waals surface area contributed by atoms with Crippen LogP contribution in [0.15, 0.2) is 41.8 Å². The van der Waals surface area contributed by atoms with Gasteiger partial charge in [-0.05, 0) is 42.2 Å². The second-order valence-electron chi connectivity index (χ2n) is 6.58. The van der Waals surface area contributed by atoms with Crippen LogP contribution < -0.4 is 5.32 Å². The first-order valence-corrected chi connectivity index (χ1v) is 9.20. The third-order valence-electron chi connectivity index (χ3n) is 4.68. The number of pyridine rings is 1. The number of nitroso groups, excluding NO2 is 1. The summed E-state index contributed by atoms with van der Waals surface area (Å²) in [5, 5.41) is 7.60. The average molecular weight is 366 g/mol. The Morgan fingerprint density at radius 1 is 1.35 bits per heavy atom. The molecule has 0 aliphatic heterocycles. The van der Waals surface area contributed by atoms with Gasteiger partial charge in [0.25, 0.3) is 5.91 Å². The summed E-state index contributed by atoms with van der Waals surface area (Å²) in [6.45, 7) is 0. The number of hydrogen-bond acceptors (Lipinski definition) is 6. The molecule has 0 fully saturated rings. The Labute approximate surface area is 154 Å². The summed E-state index contributed by atoms with van der Waals surface area (Å²) in [6.07, 6.45) is 5.12. The average Bonchev–Trinajstić information content (AvgIpc) is 3.22. The number of thiophene rings is 1. The number of aromatic nitrogens is 1. The van der Waals surface area contributed by atoms with Crippen molar-refractivity contribution in [1.82, 2.24) is 9.88 Å². The van der Waals surface area contributed by atoms with Gasteiger partial charge in [-0.15, -0.1) is 11.3 Å². The number of rotatable bonds is 4. The molecule has 0 saturated carbocycles. The van der Waals surface area contributed by atoms with Gasteiger partial charge in [-0.3, -0.25) is 9.78 Å². The van der Waals surface area contributed by atoms with Crippen LogP contribution in [0, 0.1) is 4.91 Å². The summed E-state index contributed by atoms with van der Waals surface area (Å²) in [5.74, 6) is -0.0416. The lowest BCUT2D eigenvalue weighted by Crippen LogP contribution is -2.21. The number of hydrogen-bond donors (Lipinski definition) is 1. The van der Waals surface area contributed by atoms with Gasteiger partial charge in [-0.1, -0.05) is 11.2 Å². The molecule has 1 unspecified atom stereocenters. The van der Waals surface area contributed by atoms with Crippen LogP contribution >= 0.6 is 11.3 Å². The molecule has 2 heterocycles. The predicted molar refractivity (Wildman–Crippen MR) is 104 cm³/mol. The third-order valence-corrected chi connectivity index (χ3v) is 5.81. The summed E-state index contributed by atoms with van der Waals surface area (Å²) in [7, 11) is 3.49. The molecule has 0 spiro atoms. The fraction of sp³-hybridized carbons (Fsp3) is 0.263. The van der Waals surface area contributed by atoms with Crippen molar-refractivity contribution in [3.05, 3.63) is 57.6 Å². The Kier molecular flexibility index (Phi) is 4.16. The van der Waals surface area contributed by atoms with Crippen LogP contribution in [-0.4, -0.2) is 29.9 Å². The molecule has 0 bridgehead atoms. The van der Waals surface area contributed by atoms with Crippen molar-refractivity contribution in [3.63, 3.8) is 0 Å². The van der Waals surface area contributed by atoms with E-state index < -0.39 is 0 Å². The summed E-state index contributed by atoms with van der Waals surface area (Å²) < 4.78 is 0.964. The minimum atomic E-state index is -0.238. The van der Waals surface area contributed by atoms with E-state index in [1.807, 2.05) is 18.2 Å². The molecule has 1 atom stereocenters. The lowest BCUT2D eigenvalue weighted by Gasteiger charge is -2.13. The number of aryl methyl sites for hydroxylation is 1. The zero-order valence-electron chi connectivity index (χ0n) is 14.5. The normalized spacial score (nSPS) is 15.7. The Morgan fingerprint density at radius 2 is 2.19 bits per heavy atom. The van der Waals surface area contributed by atoms with Crippen molar-refractivity contribution >= 4 is 38.7 Å². The van der Waals surface area contributed by atoms with Crippen LogP contribution in [0.5, 0.6) is 0 Å². The van der Waals surface area contributed by atoms with Crippen molar-refractivity contribution in [1.29, 1.82) is 0 Å². The number of benzene rings is 1. The quantitative estimate of drug-likeness (QED) is 0.690. The summed E-state index contributed by atoms with van der Waals surface area (Å²) in [4.78, 5) is 29.9. The van der Waals surface area contributed by atoms with Crippen LogP contribution in [0.25, 0.3) is 10.1 Å². The molecular formula is C19H18N4O2S. The molecule has 3 aromatic rings. The van der Waals surface area contributed by atoms with E-state index in [0.717, 1.165) is 45.4 Å². The highest BCUT2D eigenvalue weighted by molar-refractivity contribution is 7.21. The largest absolute Gasteiger partial charge is 0.354 e. The Bertz CT molecular complexity index is 1010. The molecule has 0 radical (unpaired) electrons. The van der Waals surface area contributed by atoms with E-state index in [1.54, 1.807) is 31.4 Å². The van der Waals surface area contributed by atoms with E-state index in [4.69, 9.17) is 0 Å². The van der Waals surface area contributed by atoms with Crippen molar-refractivity contribution in [2.75, 3.05) is 19.4 Å². The fourth-order valence-electron chi connectivity index (χ4n) is 3.36. The van der Waals surface area contributed by atoms with Gasteiger partial charge in [-0.2, -0.15) is 4.91 Å². The molecule has 1 aliphatic rings. The van der Waals surface area contributed by atoms with Crippen molar-refractivity contribution in [3.8, 4) is 0 Å². The molecule has 2 aromatic heterocycles. The van der Waals surface area contributed by atoms with E-state index in [9.17, 15) is 9.70 Å². The van der Waals surface area contributed by atoms with E-state index >= 15 is 0 Å². The van der Waals surface area contributed by atoms with E-state index in [1.165, 1.54) is 11.3 Å². The fourth-order valence-corrected chi connectivity index (χ4v) is 4.50. The standard InChI is InChI=1S/C19H18N4O2S/c1-23(2)19(24)18-17(14-7-8-20-10-16(14)26-18)21-12-4-5-13-11(9-12)3-6-15(13)22-25/h4-5,7-10,15,21H,3,6H2,1-2H3. The molecule has 0 saturated heterocycles. The first-order valence-electron chi connectivity index (χ1n) is 8.39. The molecule has 26 heavy (non-hydrogen) atoms. The number of anilines is 2. The SMILES string of the molecule is CN(C)C(=O)c1sc2cnccc2c1Nc1ccc2c(c1)CCC2N=O. The minimum Gasteiger partial charge on any atom is -0.354 e. The van der Waals surface area contributed by atoms with Gasteiger partial charge in [0, 0.05) is 37.6 Å². The minimum absolute atomic E-state index is 0.0416. The molecule has 6 nitrogen and oxygen atoms in total. The second-order valence-corrected chi connectivity index (χ2v) is 7.63. The molecule has 132 valence electrons. The summed E-state index contributed by atoms with van der Waals surface area (Å²) in [6, 6.07) is 7.63. The topological polar surface area (TPSA) is 74.7 Å². The monoisotopic (exact) mass is 366 g/mol. The van der Waals surface area contributed by atoms with Crippen LogP contribution in [-0.2, 0) is 6.42 Å². The summed E-state index contributed by atoms with van der Waals surface area (Å²) in [5.41, 5.74) is 3.85. The number of carbonyl (C=O) groups excluding carboxylic acids is 1.